The molecule has 0 amide bonds. The number of hydrogen-bond donors (Lipinski definition) is 1. The quantitative estimate of drug-likeness (QED) is 0.0677. The number of aliphatic hydroxyl groups excluding tert-OH is 1. The standard InChI is InChI=1S/C17H8NS.C15H24O2.Ir/c1-4-10-11-6-3-9-18-17(11)12-5-2-8-14-16(12)15(10)13(7-1)19-14;16-14(12-7-3-1-4-8-12)11-15(17)13-9-5-2-6-10-13;/h1-4,6-9H;11-13,16H,1-10H2;/q-1;;/p+1/b;14-11-;. The number of nitrogens with zero attached hydrogens (tertiary/aromatic N) is 1. The molecule has 2 fully saturated rings. The summed E-state index contributed by atoms with van der Waals surface area (Å²) in [7, 11) is 0. The van der Waals surface area contributed by atoms with Gasteiger partial charge in [-0.2, -0.15) is 11.3 Å². The Morgan fingerprint density at radius 2 is 1.54 bits per heavy atom. The van der Waals surface area contributed by atoms with Gasteiger partial charge >= 0.3 is 5.78 Å². The van der Waals surface area contributed by atoms with E-state index in [4.69, 9.17) is 0 Å². The van der Waals surface area contributed by atoms with Crippen LogP contribution in [0.4, 0.5) is 0 Å². The summed E-state index contributed by atoms with van der Waals surface area (Å²) in [6, 6.07) is 18.3. The molecule has 3 aromatic carbocycles. The number of benzene rings is 3. The molecule has 0 atom stereocenters. The summed E-state index contributed by atoms with van der Waals surface area (Å²) >= 11 is 1.85. The Hall–Kier alpha value is -2.33. The van der Waals surface area contributed by atoms with Gasteiger partial charge in [0, 0.05) is 36.9 Å². The van der Waals surface area contributed by atoms with Gasteiger partial charge in [-0.15, -0.1) is 23.6 Å². The van der Waals surface area contributed by atoms with E-state index >= 15 is 0 Å². The van der Waals surface area contributed by atoms with Gasteiger partial charge in [0.05, 0.1) is 12.0 Å². The molecule has 5 heteroatoms. The first kappa shape index (κ1) is 26.3. The van der Waals surface area contributed by atoms with E-state index in [1.807, 2.05) is 29.7 Å². The van der Waals surface area contributed by atoms with Crippen LogP contribution < -0.4 is 0 Å². The first-order valence-electron chi connectivity index (χ1n) is 13.5. The Kier molecular flexibility index (Phi) is 8.24. The summed E-state index contributed by atoms with van der Waals surface area (Å²) in [6.45, 7) is 0. The van der Waals surface area contributed by atoms with Crippen molar-refractivity contribution in [2.75, 3.05) is 0 Å². The molecular formula is C32H33IrNO2S. The Balaban J connectivity index is 0.000000149. The summed E-state index contributed by atoms with van der Waals surface area (Å²) in [5.74, 6) is 1.45. The van der Waals surface area contributed by atoms with E-state index in [-0.39, 0.29) is 20.1 Å². The molecule has 2 N–H and O–H groups in total. The number of allylic oxidation sites excluding steroid dienone is 2. The number of ketones is 1. The topological polar surface area (TPSA) is 54.5 Å². The molecule has 5 aromatic rings. The van der Waals surface area contributed by atoms with E-state index in [0.717, 1.165) is 36.6 Å². The minimum Gasteiger partial charge on any atom is -0.512 e. The largest absolute Gasteiger partial charge is 0.512 e. The van der Waals surface area contributed by atoms with Crippen LogP contribution in [0.25, 0.3) is 41.8 Å². The first-order chi connectivity index (χ1) is 17.7. The summed E-state index contributed by atoms with van der Waals surface area (Å²) in [5.41, 5.74) is 1.06. The number of pyridine rings is 1. The number of aromatic nitrogens is 1. The van der Waals surface area contributed by atoms with Crippen molar-refractivity contribution >= 4 is 59.0 Å². The smallest absolute Gasteiger partial charge is 0.322 e. The maximum atomic E-state index is 10.1. The first-order valence-corrected chi connectivity index (χ1v) is 14.3. The van der Waals surface area contributed by atoms with E-state index in [1.165, 1.54) is 69.5 Å². The molecule has 0 aliphatic heterocycles. The number of carbonyl (C=O) groups excluding carboxylic acids is 1. The van der Waals surface area contributed by atoms with E-state index in [0.29, 0.717) is 23.4 Å². The number of fused-ring (bicyclic) bond motifs is 3. The van der Waals surface area contributed by atoms with Crippen molar-refractivity contribution in [2.45, 2.75) is 64.2 Å². The molecular weight excluding hydrogens is 655 g/mol. The fraction of sp³-hybridized carbons (Fsp3) is 0.375. The maximum absolute atomic E-state index is 10.1. The third-order valence-corrected chi connectivity index (χ3v) is 9.25. The zero-order valence-corrected chi connectivity index (χ0v) is 24.2. The van der Waals surface area contributed by atoms with Crippen LogP contribution in [0.3, 0.4) is 0 Å². The van der Waals surface area contributed by atoms with Crippen molar-refractivity contribution in [1.29, 1.82) is 0 Å². The average Bonchev–Trinajstić information content (AvgIpc) is 3.33. The second-order valence-electron chi connectivity index (χ2n) is 10.4. The van der Waals surface area contributed by atoms with Gasteiger partial charge in [-0.05, 0) is 64.2 Å². The van der Waals surface area contributed by atoms with Gasteiger partial charge in [-0.25, -0.2) is 0 Å². The molecule has 2 saturated carbocycles. The SMILES string of the molecule is O/C(=C\C(=[OH+])C1CCCCC1)C1CCCCC1.[Ir].[c-]1ccc2sc3cccc4c5cccnc5c1c2c34. The fourth-order valence-electron chi connectivity index (χ4n) is 6.22. The van der Waals surface area contributed by atoms with Crippen LogP contribution >= 0.6 is 11.3 Å². The van der Waals surface area contributed by atoms with Gasteiger partial charge in [0.25, 0.3) is 0 Å². The van der Waals surface area contributed by atoms with Crippen LogP contribution in [-0.2, 0) is 20.1 Å². The Morgan fingerprint density at radius 3 is 2.30 bits per heavy atom. The van der Waals surface area contributed by atoms with E-state index < -0.39 is 0 Å². The van der Waals surface area contributed by atoms with Gasteiger partial charge in [-0.1, -0.05) is 62.1 Å². The molecule has 7 rings (SSSR count). The molecule has 3 nitrogen and oxygen atoms in total. The van der Waals surface area contributed by atoms with Gasteiger partial charge < -0.3 is 10.1 Å². The second kappa shape index (κ2) is 11.6. The van der Waals surface area contributed by atoms with Crippen LogP contribution in [0.15, 0.2) is 60.5 Å². The molecule has 193 valence electrons. The predicted octanol–water partition coefficient (Wildman–Crippen LogP) is 9.13. The summed E-state index contributed by atoms with van der Waals surface area (Å²) in [5, 5.41) is 16.4. The van der Waals surface area contributed by atoms with Gasteiger partial charge in [0.15, 0.2) is 0 Å². The van der Waals surface area contributed by atoms with Crippen LogP contribution in [-0.4, -0.2) is 20.7 Å². The third kappa shape index (κ3) is 5.19. The molecule has 2 aromatic heterocycles. The van der Waals surface area contributed by atoms with Crippen LogP contribution in [0, 0.1) is 17.9 Å². The molecule has 2 aliphatic rings. The predicted molar refractivity (Wildman–Crippen MR) is 153 cm³/mol. The minimum atomic E-state index is 0. The number of aliphatic hydroxyl groups is 1. The monoisotopic (exact) mass is 688 g/mol. The summed E-state index contributed by atoms with van der Waals surface area (Å²) in [4.78, 5) is 14.6. The number of thiophene rings is 1. The van der Waals surface area contributed by atoms with Crippen molar-refractivity contribution in [3.05, 3.63) is 66.6 Å². The van der Waals surface area contributed by atoms with Gasteiger partial charge in [-0.3, -0.25) is 4.79 Å². The maximum Gasteiger partial charge on any atom is 0.322 e. The zero-order valence-electron chi connectivity index (χ0n) is 21.0. The van der Waals surface area contributed by atoms with Crippen molar-refractivity contribution in [1.82, 2.24) is 4.98 Å². The molecule has 0 bridgehead atoms. The van der Waals surface area contributed by atoms with Crippen molar-refractivity contribution < 1.29 is 30.0 Å². The van der Waals surface area contributed by atoms with E-state index in [9.17, 15) is 9.90 Å². The van der Waals surface area contributed by atoms with Gasteiger partial charge in [0.2, 0.25) is 0 Å². The molecule has 2 aliphatic carbocycles. The summed E-state index contributed by atoms with van der Waals surface area (Å²) in [6.07, 6.45) is 15.3. The van der Waals surface area contributed by atoms with Crippen molar-refractivity contribution in [3.8, 4) is 0 Å². The van der Waals surface area contributed by atoms with Crippen LogP contribution in [0.5, 0.6) is 0 Å². The van der Waals surface area contributed by atoms with Crippen molar-refractivity contribution in [2.24, 2.45) is 11.8 Å². The molecule has 2 heterocycles. The summed E-state index contributed by atoms with van der Waals surface area (Å²) < 4.78 is 2.68. The molecule has 1 radical (unpaired) electrons. The van der Waals surface area contributed by atoms with Crippen molar-refractivity contribution in [3.63, 3.8) is 0 Å². The Labute approximate surface area is 235 Å². The molecule has 37 heavy (non-hydrogen) atoms. The molecule has 0 saturated heterocycles. The molecule has 0 unspecified atom stereocenters. The van der Waals surface area contributed by atoms with Gasteiger partial charge in [0.1, 0.15) is 5.76 Å². The molecule has 0 spiro atoms. The zero-order chi connectivity index (χ0) is 24.5. The third-order valence-electron chi connectivity index (χ3n) is 8.13. The van der Waals surface area contributed by atoms with E-state index in [2.05, 4.69) is 41.4 Å². The average molecular weight is 688 g/mol. The van der Waals surface area contributed by atoms with E-state index in [1.54, 1.807) is 6.08 Å². The number of hydrogen-bond acceptors (Lipinski definition) is 3. The minimum absolute atomic E-state index is 0. The normalized spacial score (nSPS) is 17.7. The Bertz CT molecular complexity index is 1460. The fourth-order valence-corrected chi connectivity index (χ4v) is 7.36. The van der Waals surface area contributed by atoms with Crippen LogP contribution in [0.1, 0.15) is 64.2 Å². The van der Waals surface area contributed by atoms with Crippen LogP contribution in [0.2, 0.25) is 0 Å². The number of rotatable bonds is 3. The second-order valence-corrected chi connectivity index (χ2v) is 11.5. The Morgan fingerprint density at radius 1 is 0.865 bits per heavy atom.